The summed E-state index contributed by atoms with van der Waals surface area (Å²) < 4.78 is 5.26. The summed E-state index contributed by atoms with van der Waals surface area (Å²) in [5, 5.41) is 10.9. The number of ether oxygens (including phenoxy) is 1. The van der Waals surface area contributed by atoms with Crippen molar-refractivity contribution >= 4 is 5.57 Å². The molecule has 0 heterocycles. The number of allylic oxidation sites excluding steroid dienone is 1. The first-order valence-electron chi connectivity index (χ1n) is 9.81. The Bertz CT molecular complexity index is 644. The molecule has 2 heteroatoms. The highest BCUT2D eigenvalue weighted by Gasteiger charge is 2.13. The van der Waals surface area contributed by atoms with Crippen LogP contribution in [0, 0.1) is 0 Å². The number of methoxy groups -OCH3 is 1. The summed E-state index contributed by atoms with van der Waals surface area (Å²) in [7, 11) is 1.67. The van der Waals surface area contributed by atoms with Gasteiger partial charge in [-0.15, -0.1) is 0 Å². The Morgan fingerprint density at radius 3 is 2.38 bits per heavy atom. The molecule has 2 aromatic rings. The Balaban J connectivity index is 2.06. The molecular formula is C24H32O2. The van der Waals surface area contributed by atoms with Gasteiger partial charge in [-0.2, -0.15) is 0 Å². The summed E-state index contributed by atoms with van der Waals surface area (Å²) in [6.07, 6.45) is 9.37. The smallest absolute Gasteiger partial charge is 0.118 e. The highest BCUT2D eigenvalue weighted by atomic mass is 16.5. The first-order chi connectivity index (χ1) is 12.7. The molecule has 0 bridgehead atoms. The van der Waals surface area contributed by atoms with E-state index in [1.54, 1.807) is 7.11 Å². The second-order valence-corrected chi connectivity index (χ2v) is 6.78. The largest absolute Gasteiger partial charge is 0.497 e. The lowest BCUT2D eigenvalue weighted by Gasteiger charge is -2.16. The number of benzene rings is 2. The van der Waals surface area contributed by atoms with Crippen LogP contribution in [0.5, 0.6) is 5.75 Å². The number of aryl methyl sites for hydroxylation is 1. The molecule has 0 aliphatic carbocycles. The highest BCUT2D eigenvalue weighted by molar-refractivity contribution is 5.69. The van der Waals surface area contributed by atoms with E-state index in [0.717, 1.165) is 36.1 Å². The van der Waals surface area contributed by atoms with Crippen molar-refractivity contribution < 1.29 is 9.84 Å². The molecule has 0 aliphatic heterocycles. The normalized spacial score (nSPS) is 12.8. The van der Waals surface area contributed by atoms with Gasteiger partial charge in [-0.05, 0) is 54.5 Å². The van der Waals surface area contributed by atoms with Gasteiger partial charge < -0.3 is 9.84 Å². The van der Waals surface area contributed by atoms with Gasteiger partial charge >= 0.3 is 0 Å². The third kappa shape index (κ3) is 6.68. The van der Waals surface area contributed by atoms with Crippen LogP contribution < -0.4 is 4.74 Å². The van der Waals surface area contributed by atoms with Gasteiger partial charge in [0.1, 0.15) is 5.75 Å². The summed E-state index contributed by atoms with van der Waals surface area (Å²) in [6.45, 7) is 2.23. The predicted octanol–water partition coefficient (Wildman–Crippen LogP) is 6.04. The molecule has 0 aliphatic rings. The minimum absolute atomic E-state index is 0.449. The molecule has 0 fully saturated rings. The van der Waals surface area contributed by atoms with E-state index in [-0.39, 0.29) is 0 Å². The fourth-order valence-electron chi connectivity index (χ4n) is 3.16. The molecule has 1 N–H and O–H groups in total. The molecule has 1 atom stereocenters. The standard InChI is InChI=1S/C24H32O2/c1-3-4-5-6-10-13-23(21-15-17-22(26-2)18-16-21)24(25)19-14-20-11-8-7-9-12-20/h7-9,11-13,15-18,24-25H,3-6,10,14,19H2,1-2H3/b23-13+. The summed E-state index contributed by atoms with van der Waals surface area (Å²) in [5.74, 6) is 0.842. The first-order valence-corrected chi connectivity index (χ1v) is 9.81. The lowest BCUT2D eigenvalue weighted by atomic mass is 9.94. The average molecular weight is 353 g/mol. The SMILES string of the molecule is CCCCCC/C=C(\c1ccc(OC)cc1)C(O)CCc1ccccc1. The van der Waals surface area contributed by atoms with Crippen LogP contribution in [-0.2, 0) is 6.42 Å². The number of hydrogen-bond donors (Lipinski definition) is 1. The molecule has 0 aromatic heterocycles. The van der Waals surface area contributed by atoms with E-state index in [2.05, 4.69) is 37.3 Å². The van der Waals surface area contributed by atoms with Gasteiger partial charge in [0.25, 0.3) is 0 Å². The molecular weight excluding hydrogens is 320 g/mol. The minimum Gasteiger partial charge on any atom is -0.497 e. The zero-order chi connectivity index (χ0) is 18.6. The number of aliphatic hydroxyl groups excluding tert-OH is 1. The second kappa shape index (κ2) is 11.5. The Kier molecular flexibility index (Phi) is 8.99. The van der Waals surface area contributed by atoms with Crippen LogP contribution in [0.1, 0.15) is 56.6 Å². The van der Waals surface area contributed by atoms with Crippen molar-refractivity contribution in [2.45, 2.75) is 58.0 Å². The zero-order valence-corrected chi connectivity index (χ0v) is 16.2. The summed E-state index contributed by atoms with van der Waals surface area (Å²) in [5.41, 5.74) is 3.39. The van der Waals surface area contributed by atoms with Gasteiger partial charge in [0.2, 0.25) is 0 Å². The molecule has 2 aromatic carbocycles. The minimum atomic E-state index is -0.449. The maximum atomic E-state index is 10.9. The van der Waals surface area contributed by atoms with Crippen LogP contribution in [0.4, 0.5) is 0 Å². The first kappa shape index (κ1) is 20.3. The van der Waals surface area contributed by atoms with Crippen molar-refractivity contribution in [1.29, 1.82) is 0 Å². The van der Waals surface area contributed by atoms with Crippen LogP contribution in [-0.4, -0.2) is 18.3 Å². The molecule has 0 spiro atoms. The third-order valence-electron chi connectivity index (χ3n) is 4.75. The average Bonchev–Trinajstić information content (AvgIpc) is 2.70. The highest BCUT2D eigenvalue weighted by Crippen LogP contribution is 2.25. The number of unbranched alkanes of at least 4 members (excludes halogenated alkanes) is 4. The van der Waals surface area contributed by atoms with Crippen LogP contribution in [0.15, 0.2) is 60.7 Å². The van der Waals surface area contributed by atoms with Gasteiger partial charge in [-0.3, -0.25) is 0 Å². The summed E-state index contributed by atoms with van der Waals surface area (Å²) in [6, 6.07) is 18.4. The van der Waals surface area contributed by atoms with E-state index in [9.17, 15) is 5.11 Å². The van der Waals surface area contributed by atoms with Crippen molar-refractivity contribution in [3.8, 4) is 5.75 Å². The van der Waals surface area contributed by atoms with E-state index in [0.29, 0.717) is 0 Å². The van der Waals surface area contributed by atoms with Crippen molar-refractivity contribution in [3.05, 3.63) is 71.8 Å². The Morgan fingerprint density at radius 1 is 1.00 bits per heavy atom. The van der Waals surface area contributed by atoms with Gasteiger partial charge in [-0.1, -0.05) is 74.7 Å². The van der Waals surface area contributed by atoms with Crippen molar-refractivity contribution in [1.82, 2.24) is 0 Å². The van der Waals surface area contributed by atoms with Crippen molar-refractivity contribution in [2.24, 2.45) is 0 Å². The van der Waals surface area contributed by atoms with Gasteiger partial charge in [-0.25, -0.2) is 0 Å². The Morgan fingerprint density at radius 2 is 1.73 bits per heavy atom. The van der Waals surface area contributed by atoms with Crippen LogP contribution >= 0.6 is 0 Å². The maximum Gasteiger partial charge on any atom is 0.118 e. The van der Waals surface area contributed by atoms with Gasteiger partial charge in [0, 0.05) is 0 Å². The van der Waals surface area contributed by atoms with Crippen LogP contribution in [0.3, 0.4) is 0 Å². The summed E-state index contributed by atoms with van der Waals surface area (Å²) in [4.78, 5) is 0. The summed E-state index contributed by atoms with van der Waals surface area (Å²) >= 11 is 0. The predicted molar refractivity (Wildman–Crippen MR) is 110 cm³/mol. The van der Waals surface area contributed by atoms with E-state index < -0.39 is 6.10 Å². The van der Waals surface area contributed by atoms with Crippen molar-refractivity contribution in [2.75, 3.05) is 7.11 Å². The van der Waals surface area contributed by atoms with Crippen molar-refractivity contribution in [3.63, 3.8) is 0 Å². The van der Waals surface area contributed by atoms with Gasteiger partial charge in [0.05, 0.1) is 13.2 Å². The molecule has 140 valence electrons. The van der Waals surface area contributed by atoms with E-state index in [1.165, 1.54) is 31.2 Å². The number of hydrogen-bond acceptors (Lipinski definition) is 2. The quantitative estimate of drug-likeness (QED) is 0.499. The molecule has 26 heavy (non-hydrogen) atoms. The lowest BCUT2D eigenvalue weighted by molar-refractivity contribution is 0.222. The molecule has 0 radical (unpaired) electrons. The van der Waals surface area contributed by atoms with E-state index >= 15 is 0 Å². The fourth-order valence-corrected chi connectivity index (χ4v) is 3.16. The molecule has 0 saturated carbocycles. The second-order valence-electron chi connectivity index (χ2n) is 6.78. The molecule has 1 unspecified atom stereocenters. The third-order valence-corrected chi connectivity index (χ3v) is 4.75. The Labute approximate surface area is 158 Å². The fraction of sp³-hybridized carbons (Fsp3) is 0.417. The maximum absolute atomic E-state index is 10.9. The number of rotatable bonds is 11. The van der Waals surface area contributed by atoms with Crippen LogP contribution in [0.25, 0.3) is 5.57 Å². The van der Waals surface area contributed by atoms with E-state index in [4.69, 9.17) is 4.74 Å². The number of aliphatic hydroxyl groups is 1. The van der Waals surface area contributed by atoms with Gasteiger partial charge in [0.15, 0.2) is 0 Å². The lowest BCUT2D eigenvalue weighted by Crippen LogP contribution is -2.11. The molecule has 2 nitrogen and oxygen atoms in total. The van der Waals surface area contributed by atoms with E-state index in [1.807, 2.05) is 30.3 Å². The molecule has 2 rings (SSSR count). The molecule has 0 amide bonds. The van der Waals surface area contributed by atoms with Crippen LogP contribution in [0.2, 0.25) is 0 Å². The Hall–Kier alpha value is -2.06. The molecule has 0 saturated heterocycles. The topological polar surface area (TPSA) is 29.5 Å². The monoisotopic (exact) mass is 352 g/mol. The zero-order valence-electron chi connectivity index (χ0n) is 16.2.